The number of aromatic amines is 1. The van der Waals surface area contributed by atoms with Crippen LogP contribution in [0.5, 0.6) is 5.75 Å². The summed E-state index contributed by atoms with van der Waals surface area (Å²) in [4.78, 5) is 28.2. The Morgan fingerprint density at radius 2 is 2.19 bits per heavy atom. The van der Waals surface area contributed by atoms with Crippen molar-refractivity contribution >= 4 is 67.0 Å². The fourth-order valence-electron chi connectivity index (χ4n) is 2.55. The zero-order valence-corrected chi connectivity index (χ0v) is 16.8. The molecule has 3 heterocycles. The molecule has 0 radical (unpaired) electrons. The number of carbonyl (C=O) groups is 1. The number of nitrogens with one attached hydrogen (secondary N) is 2. The Morgan fingerprint density at radius 3 is 3.00 bits per heavy atom. The number of hydrogen-bond acceptors (Lipinski definition) is 7. The van der Waals surface area contributed by atoms with E-state index in [0.717, 1.165) is 27.0 Å². The van der Waals surface area contributed by atoms with Gasteiger partial charge in [-0.3, -0.25) is 4.79 Å². The van der Waals surface area contributed by atoms with E-state index in [0.29, 0.717) is 21.0 Å². The van der Waals surface area contributed by atoms with E-state index in [1.165, 1.54) is 23.1 Å². The van der Waals surface area contributed by atoms with Crippen LogP contribution in [-0.4, -0.2) is 38.7 Å². The zero-order valence-electron chi connectivity index (χ0n) is 14.4. The molecule has 10 heteroatoms. The molecular weight excluding hydrogens is 406 g/mol. The Bertz CT molecular complexity index is 1160. The van der Waals surface area contributed by atoms with Gasteiger partial charge >= 0.3 is 0 Å². The molecule has 27 heavy (non-hydrogen) atoms. The number of carbonyl (C=O) groups excluding carboxylic acids is 1. The Morgan fingerprint density at radius 1 is 1.33 bits per heavy atom. The number of pyridine rings is 1. The van der Waals surface area contributed by atoms with E-state index in [1.54, 1.807) is 19.4 Å². The lowest BCUT2D eigenvalue weighted by molar-refractivity contribution is -0.113. The standard InChI is InChI=1S/C17H14ClN5O2S2/c1-8-3-10-13(5-12(8)25-2)27-17(21-10)23-15(24)7-26-16-20-9-4-14(18)19-6-11(9)22-16/h3-6H,7H2,1-2H3,(H,20,22)(H,21,23,24). The van der Waals surface area contributed by atoms with Crippen molar-refractivity contribution in [3.05, 3.63) is 35.1 Å². The molecule has 0 saturated heterocycles. The summed E-state index contributed by atoms with van der Waals surface area (Å²) in [5, 5.41) is 4.41. The molecule has 4 aromatic rings. The van der Waals surface area contributed by atoms with E-state index in [-0.39, 0.29) is 11.7 Å². The molecule has 0 bridgehead atoms. The van der Waals surface area contributed by atoms with Gasteiger partial charge in [-0.15, -0.1) is 0 Å². The van der Waals surface area contributed by atoms with Gasteiger partial charge in [0.1, 0.15) is 10.9 Å². The van der Waals surface area contributed by atoms with Crippen LogP contribution in [0, 0.1) is 6.92 Å². The zero-order chi connectivity index (χ0) is 19.0. The van der Waals surface area contributed by atoms with Gasteiger partial charge in [0.25, 0.3) is 0 Å². The Hall–Kier alpha value is -2.36. The number of imidazole rings is 1. The number of thioether (sulfide) groups is 1. The Balaban J connectivity index is 1.43. The van der Waals surface area contributed by atoms with Gasteiger partial charge in [0.15, 0.2) is 10.3 Å². The summed E-state index contributed by atoms with van der Waals surface area (Å²) < 4.78 is 6.29. The lowest BCUT2D eigenvalue weighted by atomic mass is 10.2. The number of methoxy groups -OCH3 is 1. The Kier molecular flexibility index (Phi) is 4.90. The summed E-state index contributed by atoms with van der Waals surface area (Å²) in [5.41, 5.74) is 3.33. The molecule has 2 N–H and O–H groups in total. The summed E-state index contributed by atoms with van der Waals surface area (Å²) >= 11 is 8.57. The van der Waals surface area contributed by atoms with E-state index in [4.69, 9.17) is 16.3 Å². The van der Waals surface area contributed by atoms with E-state index < -0.39 is 0 Å². The molecule has 0 aliphatic rings. The predicted molar refractivity (Wildman–Crippen MR) is 109 cm³/mol. The number of aromatic nitrogens is 4. The van der Waals surface area contributed by atoms with Crippen molar-refractivity contribution in [1.29, 1.82) is 0 Å². The van der Waals surface area contributed by atoms with Crippen LogP contribution in [0.3, 0.4) is 0 Å². The molecule has 7 nitrogen and oxygen atoms in total. The number of rotatable bonds is 5. The maximum Gasteiger partial charge on any atom is 0.236 e. The first-order valence-electron chi connectivity index (χ1n) is 7.91. The van der Waals surface area contributed by atoms with Gasteiger partial charge in [0.05, 0.1) is 40.3 Å². The molecule has 0 aliphatic carbocycles. The summed E-state index contributed by atoms with van der Waals surface area (Å²) in [6.07, 6.45) is 1.62. The van der Waals surface area contributed by atoms with Gasteiger partial charge in [-0.2, -0.15) is 0 Å². The highest BCUT2D eigenvalue weighted by Crippen LogP contribution is 2.31. The number of hydrogen-bond donors (Lipinski definition) is 2. The van der Waals surface area contributed by atoms with E-state index in [1.807, 2.05) is 19.1 Å². The first kappa shape index (κ1) is 18.0. The predicted octanol–water partition coefficient (Wildman–Crippen LogP) is 4.27. The van der Waals surface area contributed by atoms with Gasteiger partial charge in [-0.1, -0.05) is 34.7 Å². The molecule has 3 aromatic heterocycles. The van der Waals surface area contributed by atoms with Crippen LogP contribution in [0.1, 0.15) is 5.56 Å². The number of benzene rings is 1. The van der Waals surface area contributed by atoms with Crippen molar-refractivity contribution in [3.63, 3.8) is 0 Å². The quantitative estimate of drug-likeness (QED) is 0.370. The molecule has 1 amide bonds. The number of ether oxygens (including phenoxy) is 1. The van der Waals surface area contributed by atoms with Crippen molar-refractivity contribution in [2.24, 2.45) is 0 Å². The highest BCUT2D eigenvalue weighted by molar-refractivity contribution is 7.99. The van der Waals surface area contributed by atoms with Gasteiger partial charge in [0.2, 0.25) is 5.91 Å². The van der Waals surface area contributed by atoms with Crippen molar-refractivity contribution in [2.75, 3.05) is 18.2 Å². The second-order valence-corrected chi connectivity index (χ2v) is 8.09. The number of aryl methyl sites for hydroxylation is 1. The van der Waals surface area contributed by atoms with Crippen LogP contribution in [0.4, 0.5) is 5.13 Å². The van der Waals surface area contributed by atoms with Crippen molar-refractivity contribution < 1.29 is 9.53 Å². The number of thiazole rings is 1. The first-order chi connectivity index (χ1) is 13.0. The SMILES string of the molecule is COc1cc2sc(NC(=O)CSc3nc4cc(Cl)ncc4[nH]3)nc2cc1C. The average molecular weight is 420 g/mol. The van der Waals surface area contributed by atoms with Crippen LogP contribution in [0.25, 0.3) is 21.3 Å². The molecular formula is C17H14ClN5O2S2. The van der Waals surface area contributed by atoms with Gasteiger partial charge in [-0.25, -0.2) is 15.0 Å². The minimum absolute atomic E-state index is 0.153. The largest absolute Gasteiger partial charge is 0.496 e. The maximum absolute atomic E-state index is 12.3. The number of fused-ring (bicyclic) bond motifs is 2. The van der Waals surface area contributed by atoms with Crippen LogP contribution >= 0.6 is 34.7 Å². The number of anilines is 1. The van der Waals surface area contributed by atoms with Gasteiger partial charge in [0, 0.05) is 6.07 Å². The fourth-order valence-corrected chi connectivity index (χ4v) is 4.28. The second-order valence-electron chi connectivity index (χ2n) is 5.71. The van der Waals surface area contributed by atoms with E-state index >= 15 is 0 Å². The summed E-state index contributed by atoms with van der Waals surface area (Å²) in [6.45, 7) is 1.96. The number of amides is 1. The second kappa shape index (κ2) is 7.34. The lowest BCUT2D eigenvalue weighted by Crippen LogP contribution is -2.13. The van der Waals surface area contributed by atoms with Crippen molar-refractivity contribution in [3.8, 4) is 5.75 Å². The Labute approximate surface area is 167 Å². The fraction of sp³-hybridized carbons (Fsp3) is 0.176. The molecule has 1 aromatic carbocycles. The third kappa shape index (κ3) is 3.85. The molecule has 138 valence electrons. The molecule has 0 fully saturated rings. The van der Waals surface area contributed by atoms with Gasteiger partial charge < -0.3 is 15.0 Å². The van der Waals surface area contributed by atoms with Crippen LogP contribution in [-0.2, 0) is 4.79 Å². The molecule has 0 atom stereocenters. The minimum Gasteiger partial charge on any atom is -0.496 e. The first-order valence-corrected chi connectivity index (χ1v) is 10.1. The number of halogens is 1. The van der Waals surface area contributed by atoms with Crippen LogP contribution in [0.2, 0.25) is 5.15 Å². The van der Waals surface area contributed by atoms with Gasteiger partial charge in [-0.05, 0) is 24.6 Å². The molecule has 4 rings (SSSR count). The van der Waals surface area contributed by atoms with Crippen LogP contribution in [0.15, 0.2) is 29.6 Å². The summed E-state index contributed by atoms with van der Waals surface area (Å²) in [6, 6.07) is 5.55. The summed E-state index contributed by atoms with van der Waals surface area (Å²) in [5.74, 6) is 0.859. The van der Waals surface area contributed by atoms with Crippen LogP contribution < -0.4 is 10.1 Å². The third-order valence-corrected chi connectivity index (χ3v) is 5.82. The monoisotopic (exact) mass is 419 g/mol. The molecule has 0 unspecified atom stereocenters. The summed E-state index contributed by atoms with van der Waals surface area (Å²) in [7, 11) is 1.64. The molecule has 0 aliphatic heterocycles. The highest BCUT2D eigenvalue weighted by Gasteiger charge is 2.12. The number of nitrogens with zero attached hydrogens (tertiary/aromatic N) is 3. The maximum atomic E-state index is 12.3. The van der Waals surface area contributed by atoms with Crippen molar-refractivity contribution in [2.45, 2.75) is 12.1 Å². The van der Waals surface area contributed by atoms with E-state index in [2.05, 4.69) is 25.3 Å². The average Bonchev–Trinajstić information content (AvgIpc) is 3.21. The van der Waals surface area contributed by atoms with Crippen molar-refractivity contribution in [1.82, 2.24) is 19.9 Å². The highest BCUT2D eigenvalue weighted by atomic mass is 35.5. The number of H-pyrrole nitrogens is 1. The lowest BCUT2D eigenvalue weighted by Gasteiger charge is -2.02. The topological polar surface area (TPSA) is 92.8 Å². The molecule has 0 spiro atoms. The smallest absolute Gasteiger partial charge is 0.236 e. The normalized spacial score (nSPS) is 11.2. The minimum atomic E-state index is -0.153. The molecule has 0 saturated carbocycles. The van der Waals surface area contributed by atoms with E-state index in [9.17, 15) is 4.79 Å². The third-order valence-electron chi connectivity index (χ3n) is 3.80.